The summed E-state index contributed by atoms with van der Waals surface area (Å²) in [6.45, 7) is 7.51. The molecule has 1 saturated heterocycles. The molecule has 1 aromatic carbocycles. The molecule has 1 fully saturated rings. The Hall–Kier alpha value is -1.07. The van der Waals surface area contributed by atoms with Crippen molar-refractivity contribution in [2.75, 3.05) is 18.8 Å². The molecule has 0 spiro atoms. The maximum atomic E-state index is 13.0. The maximum absolute atomic E-state index is 13.0. The Bertz CT molecular complexity index is 607. The third kappa shape index (κ3) is 2.94. The lowest BCUT2D eigenvalue weighted by atomic mass is 9.82. The molecule has 118 valence electrons. The van der Waals surface area contributed by atoms with E-state index in [1.165, 1.54) is 0 Å². The first-order valence-electron chi connectivity index (χ1n) is 7.77. The first-order chi connectivity index (χ1) is 9.88. The number of hydrogen-bond donors (Lipinski definition) is 1. The molecular formula is C16H26N2O2S. The molecule has 0 radical (unpaired) electrons. The van der Waals surface area contributed by atoms with E-state index < -0.39 is 10.0 Å². The van der Waals surface area contributed by atoms with Gasteiger partial charge in [0.15, 0.2) is 0 Å². The van der Waals surface area contributed by atoms with Gasteiger partial charge in [0.2, 0.25) is 10.0 Å². The van der Waals surface area contributed by atoms with Crippen molar-refractivity contribution in [3.63, 3.8) is 0 Å². The Morgan fingerprint density at radius 3 is 2.43 bits per heavy atom. The topological polar surface area (TPSA) is 63.4 Å². The number of hydrogen-bond acceptors (Lipinski definition) is 3. The van der Waals surface area contributed by atoms with Gasteiger partial charge in [0, 0.05) is 18.8 Å². The van der Waals surface area contributed by atoms with Gasteiger partial charge in [0.1, 0.15) is 0 Å². The van der Waals surface area contributed by atoms with E-state index >= 15 is 0 Å². The number of aryl methyl sites for hydroxylation is 1. The first-order valence-corrected chi connectivity index (χ1v) is 9.21. The molecule has 0 saturated carbocycles. The van der Waals surface area contributed by atoms with Crippen molar-refractivity contribution in [1.29, 1.82) is 0 Å². The summed E-state index contributed by atoms with van der Waals surface area (Å²) < 4.78 is 27.6. The van der Waals surface area contributed by atoms with Crippen molar-refractivity contribution in [2.24, 2.45) is 5.41 Å². The van der Waals surface area contributed by atoms with Crippen LogP contribution in [0.15, 0.2) is 23.1 Å². The van der Waals surface area contributed by atoms with E-state index in [0.717, 1.165) is 24.8 Å². The van der Waals surface area contributed by atoms with E-state index in [0.29, 0.717) is 30.1 Å². The smallest absolute Gasteiger partial charge is 0.243 e. The molecule has 2 N–H and O–H groups in total. The van der Waals surface area contributed by atoms with Crippen molar-refractivity contribution in [2.45, 2.75) is 51.3 Å². The van der Waals surface area contributed by atoms with E-state index in [4.69, 9.17) is 5.73 Å². The Morgan fingerprint density at radius 1 is 1.24 bits per heavy atom. The number of anilines is 1. The van der Waals surface area contributed by atoms with Crippen molar-refractivity contribution < 1.29 is 8.42 Å². The van der Waals surface area contributed by atoms with Gasteiger partial charge in [-0.2, -0.15) is 4.31 Å². The van der Waals surface area contributed by atoms with Crippen LogP contribution in [0.25, 0.3) is 0 Å². The number of nitrogens with two attached hydrogens (primary N) is 1. The molecule has 0 atom stereocenters. The molecule has 1 aliphatic rings. The predicted octanol–water partition coefficient (Wildman–Crippen LogP) is 3.03. The van der Waals surface area contributed by atoms with Gasteiger partial charge in [-0.3, -0.25) is 0 Å². The van der Waals surface area contributed by atoms with Crippen LogP contribution in [-0.2, 0) is 16.4 Å². The predicted molar refractivity (Wildman–Crippen MR) is 86.6 cm³/mol. The molecule has 2 rings (SSSR count). The highest BCUT2D eigenvalue weighted by molar-refractivity contribution is 7.89. The van der Waals surface area contributed by atoms with Crippen molar-refractivity contribution in [3.8, 4) is 0 Å². The van der Waals surface area contributed by atoms with E-state index in [1.807, 2.05) is 13.0 Å². The Balaban J connectivity index is 2.38. The minimum Gasteiger partial charge on any atom is -0.399 e. The van der Waals surface area contributed by atoms with Crippen molar-refractivity contribution in [3.05, 3.63) is 23.8 Å². The molecule has 0 aliphatic carbocycles. The van der Waals surface area contributed by atoms with Gasteiger partial charge >= 0.3 is 0 Å². The number of nitrogen functional groups attached to an aromatic ring is 1. The van der Waals surface area contributed by atoms with Crippen LogP contribution in [0.5, 0.6) is 0 Å². The molecule has 0 aromatic heterocycles. The summed E-state index contributed by atoms with van der Waals surface area (Å²) in [7, 11) is -3.44. The summed E-state index contributed by atoms with van der Waals surface area (Å²) in [4.78, 5) is 0.382. The Kier molecular flexibility index (Phi) is 4.63. The monoisotopic (exact) mass is 310 g/mol. The van der Waals surface area contributed by atoms with Gasteiger partial charge in [0.05, 0.1) is 4.90 Å². The fraction of sp³-hybridized carbons (Fsp3) is 0.625. The zero-order valence-electron chi connectivity index (χ0n) is 13.2. The zero-order chi connectivity index (χ0) is 15.7. The SMILES string of the molecule is CCc1ccc(N)cc1S(=O)(=O)N1CCC(CC)(CC)C1. The second kappa shape index (κ2) is 5.97. The summed E-state index contributed by atoms with van der Waals surface area (Å²) >= 11 is 0. The normalized spacial score (nSPS) is 19.0. The number of nitrogens with zero attached hydrogens (tertiary/aromatic N) is 1. The molecule has 0 unspecified atom stereocenters. The fourth-order valence-corrected chi connectivity index (χ4v) is 5.05. The fourth-order valence-electron chi connectivity index (χ4n) is 3.17. The maximum Gasteiger partial charge on any atom is 0.243 e. The van der Waals surface area contributed by atoms with Gasteiger partial charge in [0.25, 0.3) is 0 Å². The average Bonchev–Trinajstić information content (AvgIpc) is 2.93. The van der Waals surface area contributed by atoms with Crippen LogP contribution in [0.4, 0.5) is 5.69 Å². The van der Waals surface area contributed by atoms with Crippen LogP contribution in [0.2, 0.25) is 0 Å². The minimum absolute atomic E-state index is 0.139. The third-order valence-corrected chi connectivity index (χ3v) is 6.92. The lowest BCUT2D eigenvalue weighted by Gasteiger charge is -2.26. The highest BCUT2D eigenvalue weighted by Gasteiger charge is 2.41. The van der Waals surface area contributed by atoms with E-state index in [9.17, 15) is 8.42 Å². The van der Waals surface area contributed by atoms with Crippen LogP contribution in [0, 0.1) is 5.41 Å². The summed E-state index contributed by atoms with van der Waals surface area (Å²) in [5, 5.41) is 0. The van der Waals surface area contributed by atoms with E-state index in [1.54, 1.807) is 16.4 Å². The van der Waals surface area contributed by atoms with Crippen molar-refractivity contribution in [1.82, 2.24) is 4.31 Å². The van der Waals surface area contributed by atoms with Gasteiger partial charge in [-0.05, 0) is 48.8 Å². The minimum atomic E-state index is -3.44. The third-order valence-electron chi connectivity index (χ3n) is 4.99. The van der Waals surface area contributed by atoms with Crippen LogP contribution < -0.4 is 5.73 Å². The molecule has 1 heterocycles. The van der Waals surface area contributed by atoms with Gasteiger partial charge in [-0.15, -0.1) is 0 Å². The van der Waals surface area contributed by atoms with Crippen LogP contribution >= 0.6 is 0 Å². The second-order valence-corrected chi connectivity index (χ2v) is 7.92. The van der Waals surface area contributed by atoms with Crippen LogP contribution in [0.1, 0.15) is 45.6 Å². The van der Waals surface area contributed by atoms with E-state index in [-0.39, 0.29) is 5.41 Å². The summed E-state index contributed by atoms with van der Waals surface area (Å²) in [5.41, 5.74) is 7.28. The standard InChI is InChI=1S/C16H26N2O2S/c1-4-13-7-8-14(17)11-15(13)21(19,20)18-10-9-16(5-2,6-3)12-18/h7-8,11H,4-6,9-10,12,17H2,1-3H3. The average molecular weight is 310 g/mol. The Labute approximate surface area is 128 Å². The van der Waals surface area contributed by atoms with E-state index in [2.05, 4.69) is 13.8 Å². The largest absolute Gasteiger partial charge is 0.399 e. The van der Waals surface area contributed by atoms with Gasteiger partial charge in [-0.1, -0.05) is 26.8 Å². The quantitative estimate of drug-likeness (QED) is 0.850. The first kappa shape index (κ1) is 16.3. The highest BCUT2D eigenvalue weighted by Crippen LogP contribution is 2.39. The molecule has 1 aliphatic heterocycles. The molecule has 1 aromatic rings. The number of rotatable bonds is 5. The molecule has 5 heteroatoms. The molecule has 0 bridgehead atoms. The Morgan fingerprint density at radius 2 is 1.90 bits per heavy atom. The van der Waals surface area contributed by atoms with Crippen molar-refractivity contribution >= 4 is 15.7 Å². The summed E-state index contributed by atoms with van der Waals surface area (Å²) in [5.74, 6) is 0. The molecule has 21 heavy (non-hydrogen) atoms. The molecule has 4 nitrogen and oxygen atoms in total. The lowest BCUT2D eigenvalue weighted by Crippen LogP contribution is -2.32. The summed E-state index contributed by atoms with van der Waals surface area (Å²) in [6.07, 6.45) is 3.68. The zero-order valence-corrected chi connectivity index (χ0v) is 14.0. The van der Waals surface area contributed by atoms with Gasteiger partial charge < -0.3 is 5.73 Å². The van der Waals surface area contributed by atoms with Gasteiger partial charge in [-0.25, -0.2) is 8.42 Å². The van der Waals surface area contributed by atoms with Crippen LogP contribution in [0.3, 0.4) is 0 Å². The number of benzene rings is 1. The summed E-state index contributed by atoms with van der Waals surface area (Å²) in [6, 6.07) is 5.20. The second-order valence-electron chi connectivity index (χ2n) is 6.02. The van der Waals surface area contributed by atoms with Crippen LogP contribution in [-0.4, -0.2) is 25.8 Å². The molecule has 0 amide bonds. The highest BCUT2D eigenvalue weighted by atomic mass is 32.2. The lowest BCUT2D eigenvalue weighted by molar-refractivity contribution is 0.279. The molecular weight excluding hydrogens is 284 g/mol. The number of sulfonamides is 1.